The third kappa shape index (κ3) is 3.91. The number of esters is 2. The van der Waals surface area contributed by atoms with Gasteiger partial charge in [0.25, 0.3) is 0 Å². The molecule has 0 radical (unpaired) electrons. The Morgan fingerprint density at radius 3 is 1.85 bits per heavy atom. The van der Waals surface area contributed by atoms with Gasteiger partial charge in [0.2, 0.25) is 0 Å². The summed E-state index contributed by atoms with van der Waals surface area (Å²) < 4.78 is 10.0. The van der Waals surface area contributed by atoms with Crippen LogP contribution in [0.5, 0.6) is 5.75 Å². The molecule has 0 aliphatic rings. The Kier molecular flexibility index (Phi) is 6.11. The lowest BCUT2D eigenvalue weighted by atomic mass is 9.94. The van der Waals surface area contributed by atoms with E-state index in [4.69, 9.17) is 9.47 Å². The first kappa shape index (κ1) is 19.2. The Hall–Kier alpha value is -3.15. The Bertz CT molecular complexity index is 814. The summed E-state index contributed by atoms with van der Waals surface area (Å²) in [5, 5.41) is 9.92. The van der Waals surface area contributed by atoms with E-state index in [0.29, 0.717) is 5.56 Å². The molecule has 0 aliphatic carbocycles. The first-order valence-corrected chi connectivity index (χ1v) is 8.22. The van der Waals surface area contributed by atoms with Crippen LogP contribution in [0.15, 0.2) is 36.4 Å². The lowest BCUT2D eigenvalue weighted by Crippen LogP contribution is -2.15. The maximum absolute atomic E-state index is 12.8. The number of phenols is 1. The monoisotopic (exact) mass is 356 g/mol. The average Bonchev–Trinajstić information content (AvgIpc) is 2.62. The summed E-state index contributed by atoms with van der Waals surface area (Å²) in [6, 6.07) is 8.79. The largest absolute Gasteiger partial charge is 0.507 e. The molecule has 2 aromatic carbocycles. The summed E-state index contributed by atoms with van der Waals surface area (Å²) >= 11 is 0. The second-order valence-corrected chi connectivity index (χ2v) is 5.48. The lowest BCUT2D eigenvalue weighted by Gasteiger charge is -2.13. The Morgan fingerprint density at radius 2 is 1.38 bits per heavy atom. The maximum atomic E-state index is 12.8. The number of benzene rings is 2. The van der Waals surface area contributed by atoms with Crippen molar-refractivity contribution in [3.05, 3.63) is 64.2 Å². The van der Waals surface area contributed by atoms with Gasteiger partial charge in [0, 0.05) is 5.56 Å². The highest BCUT2D eigenvalue weighted by atomic mass is 16.5. The van der Waals surface area contributed by atoms with Crippen molar-refractivity contribution in [1.82, 2.24) is 0 Å². The predicted octanol–water partition coefficient (Wildman–Crippen LogP) is 3.29. The van der Waals surface area contributed by atoms with E-state index >= 15 is 0 Å². The second-order valence-electron chi connectivity index (χ2n) is 5.48. The summed E-state index contributed by atoms with van der Waals surface area (Å²) in [5.41, 5.74) is 0.743. The molecule has 136 valence electrons. The van der Waals surface area contributed by atoms with Gasteiger partial charge in [0.15, 0.2) is 5.78 Å². The van der Waals surface area contributed by atoms with Crippen molar-refractivity contribution in [3.63, 3.8) is 0 Å². The van der Waals surface area contributed by atoms with E-state index in [0.717, 1.165) is 0 Å². The van der Waals surface area contributed by atoms with Crippen LogP contribution in [0.2, 0.25) is 0 Å². The van der Waals surface area contributed by atoms with Crippen LogP contribution in [0, 0.1) is 6.92 Å². The van der Waals surface area contributed by atoms with Crippen LogP contribution in [-0.2, 0) is 9.47 Å². The molecule has 0 saturated carbocycles. The summed E-state index contributed by atoms with van der Waals surface area (Å²) in [7, 11) is 0. The molecule has 0 heterocycles. The highest BCUT2D eigenvalue weighted by molar-refractivity contribution is 6.13. The lowest BCUT2D eigenvalue weighted by molar-refractivity contribution is 0.0523. The highest BCUT2D eigenvalue weighted by Crippen LogP contribution is 2.24. The first-order valence-electron chi connectivity index (χ1n) is 8.22. The van der Waals surface area contributed by atoms with Crippen molar-refractivity contribution in [2.75, 3.05) is 13.2 Å². The fourth-order valence-electron chi connectivity index (χ4n) is 2.51. The summed E-state index contributed by atoms with van der Waals surface area (Å²) in [5.74, 6) is -1.97. The van der Waals surface area contributed by atoms with E-state index in [1.54, 1.807) is 32.9 Å². The number of carbonyl (C=O) groups is 3. The number of ether oxygens (including phenoxy) is 2. The van der Waals surface area contributed by atoms with Crippen molar-refractivity contribution in [1.29, 1.82) is 0 Å². The molecule has 2 aromatic rings. The van der Waals surface area contributed by atoms with Crippen molar-refractivity contribution in [3.8, 4) is 5.75 Å². The summed E-state index contributed by atoms with van der Waals surface area (Å²) in [6.45, 7) is 5.23. The van der Waals surface area contributed by atoms with Gasteiger partial charge in [0.1, 0.15) is 5.75 Å². The number of hydrogen-bond donors (Lipinski definition) is 1. The minimum Gasteiger partial charge on any atom is -0.507 e. The van der Waals surface area contributed by atoms with Crippen molar-refractivity contribution in [2.45, 2.75) is 20.8 Å². The molecule has 26 heavy (non-hydrogen) atoms. The number of ketones is 1. The molecule has 6 heteroatoms. The quantitative estimate of drug-likeness (QED) is 0.631. The molecule has 0 fully saturated rings. The molecule has 2 rings (SSSR count). The van der Waals surface area contributed by atoms with Crippen LogP contribution in [0.25, 0.3) is 0 Å². The van der Waals surface area contributed by atoms with Gasteiger partial charge < -0.3 is 14.6 Å². The van der Waals surface area contributed by atoms with Gasteiger partial charge in [-0.25, -0.2) is 9.59 Å². The molecule has 0 unspecified atom stereocenters. The number of hydrogen-bond acceptors (Lipinski definition) is 6. The minimum atomic E-state index is -0.637. The first-order chi connectivity index (χ1) is 12.4. The molecule has 0 aliphatic heterocycles. The van der Waals surface area contributed by atoms with Crippen molar-refractivity contribution in [2.24, 2.45) is 0 Å². The van der Waals surface area contributed by atoms with Crippen molar-refractivity contribution < 1.29 is 29.0 Å². The fraction of sp³-hybridized carbons (Fsp3) is 0.250. The summed E-state index contributed by atoms with van der Waals surface area (Å²) in [6.07, 6.45) is 0. The second kappa shape index (κ2) is 8.29. The molecule has 0 spiro atoms. The molecule has 0 atom stereocenters. The van der Waals surface area contributed by atoms with E-state index in [1.165, 1.54) is 24.3 Å². The summed E-state index contributed by atoms with van der Waals surface area (Å²) in [4.78, 5) is 37.3. The zero-order valence-corrected chi connectivity index (χ0v) is 14.9. The topological polar surface area (TPSA) is 89.9 Å². The Morgan fingerprint density at radius 1 is 0.885 bits per heavy atom. The molecule has 0 aromatic heterocycles. The van der Waals surface area contributed by atoms with E-state index in [9.17, 15) is 19.5 Å². The van der Waals surface area contributed by atoms with Gasteiger partial charge in [0.05, 0.1) is 29.9 Å². The highest BCUT2D eigenvalue weighted by Gasteiger charge is 2.23. The molecular formula is C20H20O6. The molecule has 0 saturated heterocycles. The van der Waals surface area contributed by atoms with Gasteiger partial charge in [-0.1, -0.05) is 12.1 Å². The normalized spacial score (nSPS) is 10.3. The van der Waals surface area contributed by atoms with E-state index in [2.05, 4.69) is 0 Å². The van der Waals surface area contributed by atoms with Crippen LogP contribution in [0.1, 0.15) is 56.0 Å². The average molecular weight is 356 g/mol. The smallest absolute Gasteiger partial charge is 0.338 e. The van der Waals surface area contributed by atoms with Gasteiger partial charge >= 0.3 is 11.9 Å². The van der Waals surface area contributed by atoms with Crippen LogP contribution < -0.4 is 0 Å². The number of para-hydroxylation sites is 1. The van der Waals surface area contributed by atoms with Gasteiger partial charge in [-0.05, 0) is 50.6 Å². The van der Waals surface area contributed by atoms with Crippen LogP contribution >= 0.6 is 0 Å². The number of phenolic OH excluding ortho intramolecular Hbond substituents is 1. The minimum absolute atomic E-state index is 0.0703. The number of carbonyl (C=O) groups excluding carboxylic acids is 3. The van der Waals surface area contributed by atoms with Crippen LogP contribution in [0.3, 0.4) is 0 Å². The van der Waals surface area contributed by atoms with E-state index < -0.39 is 17.7 Å². The third-order valence-corrected chi connectivity index (χ3v) is 3.81. The van der Waals surface area contributed by atoms with Gasteiger partial charge in [-0.15, -0.1) is 0 Å². The Balaban J connectivity index is 2.62. The maximum Gasteiger partial charge on any atom is 0.338 e. The zero-order chi connectivity index (χ0) is 19.3. The van der Waals surface area contributed by atoms with Crippen LogP contribution in [0.4, 0.5) is 0 Å². The van der Waals surface area contributed by atoms with Crippen molar-refractivity contribution >= 4 is 17.7 Å². The SMILES string of the molecule is CCOC(=O)c1cc(C(=O)c2ccccc2O)cc(C(=O)OCC)c1C. The predicted molar refractivity (Wildman–Crippen MR) is 94.6 cm³/mol. The van der Waals surface area contributed by atoms with Crippen LogP contribution in [-0.4, -0.2) is 36.0 Å². The zero-order valence-electron chi connectivity index (χ0n) is 14.9. The molecule has 0 bridgehead atoms. The molecule has 0 amide bonds. The van der Waals surface area contributed by atoms with Gasteiger partial charge in [-0.3, -0.25) is 4.79 Å². The standard InChI is InChI=1S/C20H20O6/c1-4-25-19(23)15-10-13(11-16(12(15)3)20(24)26-5-2)18(22)14-8-6-7-9-17(14)21/h6-11,21H,4-5H2,1-3H3. The molecular weight excluding hydrogens is 336 g/mol. The molecule has 1 N–H and O–H groups in total. The van der Waals surface area contributed by atoms with E-state index in [-0.39, 0.29) is 41.2 Å². The Labute approximate surface area is 151 Å². The third-order valence-electron chi connectivity index (χ3n) is 3.81. The fourth-order valence-corrected chi connectivity index (χ4v) is 2.51. The number of rotatable bonds is 6. The number of aromatic hydroxyl groups is 1. The van der Waals surface area contributed by atoms with E-state index in [1.807, 2.05) is 0 Å². The van der Waals surface area contributed by atoms with Gasteiger partial charge in [-0.2, -0.15) is 0 Å². The molecule has 6 nitrogen and oxygen atoms in total.